The number of hydrogen-bond acceptors (Lipinski definition) is 3. The molecule has 3 heteroatoms. The Bertz CT molecular complexity index is 151. The number of aliphatic hydroxyl groups excluding tert-OH is 1. The Morgan fingerprint density at radius 2 is 2.00 bits per heavy atom. The van der Waals surface area contributed by atoms with Crippen molar-refractivity contribution in [3.63, 3.8) is 0 Å². The number of likely N-dealkylation sites (tertiary alicyclic amines) is 1. The number of rotatable bonds is 4. The molecule has 1 heterocycles. The summed E-state index contributed by atoms with van der Waals surface area (Å²) in [4.78, 5) is 2.33. The molecule has 0 bridgehead atoms. The lowest BCUT2D eigenvalue weighted by Gasteiger charge is -2.30. The molecule has 0 aromatic heterocycles. The van der Waals surface area contributed by atoms with Crippen LogP contribution in [0.25, 0.3) is 0 Å². The normalized spacial score (nSPS) is 26.6. The van der Waals surface area contributed by atoms with Crippen LogP contribution >= 0.6 is 0 Å². The smallest absolute Gasteiger partial charge is 0.0741 e. The number of methoxy groups -OCH3 is 1. The van der Waals surface area contributed by atoms with Gasteiger partial charge in [-0.25, -0.2) is 0 Å². The summed E-state index contributed by atoms with van der Waals surface area (Å²) in [6, 6.07) is 0.483. The third-order valence-electron chi connectivity index (χ3n) is 2.88. The summed E-state index contributed by atoms with van der Waals surface area (Å²) in [5.41, 5.74) is 0. The lowest BCUT2D eigenvalue weighted by molar-refractivity contribution is 0.0409. The van der Waals surface area contributed by atoms with Gasteiger partial charge in [0.2, 0.25) is 0 Å². The minimum Gasteiger partial charge on any atom is -0.395 e. The fourth-order valence-corrected chi connectivity index (χ4v) is 2.35. The van der Waals surface area contributed by atoms with Gasteiger partial charge in [0.15, 0.2) is 0 Å². The van der Waals surface area contributed by atoms with Gasteiger partial charge in [-0.1, -0.05) is 27.7 Å². The topological polar surface area (TPSA) is 32.7 Å². The zero-order valence-electron chi connectivity index (χ0n) is 10.9. The van der Waals surface area contributed by atoms with Gasteiger partial charge in [-0.2, -0.15) is 0 Å². The highest BCUT2D eigenvalue weighted by Gasteiger charge is 2.35. The highest BCUT2D eigenvalue weighted by Crippen LogP contribution is 2.25. The zero-order valence-corrected chi connectivity index (χ0v) is 10.9. The summed E-state index contributed by atoms with van der Waals surface area (Å²) in [6.07, 6.45) is 1.45. The van der Waals surface area contributed by atoms with E-state index in [1.54, 1.807) is 7.11 Å². The molecule has 15 heavy (non-hydrogen) atoms. The minimum atomic E-state index is 0.250. The molecule has 3 nitrogen and oxygen atoms in total. The van der Waals surface area contributed by atoms with Gasteiger partial charge in [0.25, 0.3) is 0 Å². The van der Waals surface area contributed by atoms with Crippen molar-refractivity contribution >= 4 is 0 Å². The summed E-state index contributed by atoms with van der Waals surface area (Å²) in [5.74, 6) is 0.596. The second-order valence-electron chi connectivity index (χ2n) is 4.06. The van der Waals surface area contributed by atoms with E-state index in [4.69, 9.17) is 9.84 Å². The van der Waals surface area contributed by atoms with E-state index in [2.05, 4.69) is 18.7 Å². The van der Waals surface area contributed by atoms with Crippen molar-refractivity contribution in [2.45, 2.75) is 46.3 Å². The number of aliphatic hydroxyl groups is 1. The third-order valence-corrected chi connectivity index (χ3v) is 2.88. The van der Waals surface area contributed by atoms with Gasteiger partial charge in [-0.3, -0.25) is 4.90 Å². The molecule has 1 rings (SSSR count). The first kappa shape index (κ1) is 14.9. The molecule has 2 atom stereocenters. The van der Waals surface area contributed by atoms with Crippen LogP contribution in [0, 0.1) is 5.92 Å². The predicted molar refractivity (Wildman–Crippen MR) is 64.0 cm³/mol. The van der Waals surface area contributed by atoms with Gasteiger partial charge in [0, 0.05) is 26.2 Å². The Hall–Kier alpha value is -0.120. The Labute approximate surface area is 94.4 Å². The minimum absolute atomic E-state index is 0.250. The van der Waals surface area contributed by atoms with Crippen LogP contribution in [0.5, 0.6) is 0 Å². The fourth-order valence-electron chi connectivity index (χ4n) is 2.35. The van der Waals surface area contributed by atoms with Crippen LogP contribution in [0.1, 0.15) is 34.1 Å². The molecule has 1 aliphatic heterocycles. The van der Waals surface area contributed by atoms with Crippen LogP contribution in [0.4, 0.5) is 0 Å². The Morgan fingerprint density at radius 3 is 2.40 bits per heavy atom. The van der Waals surface area contributed by atoms with Gasteiger partial charge in [0.05, 0.1) is 12.7 Å². The molecule has 1 aliphatic rings. The second-order valence-corrected chi connectivity index (χ2v) is 4.06. The van der Waals surface area contributed by atoms with Crippen LogP contribution in [0.2, 0.25) is 0 Å². The molecule has 1 fully saturated rings. The molecule has 0 spiro atoms. The summed E-state index contributed by atoms with van der Waals surface area (Å²) in [6.45, 7) is 10.5. The lowest BCUT2D eigenvalue weighted by atomic mass is 9.99. The van der Waals surface area contributed by atoms with Crippen molar-refractivity contribution in [1.29, 1.82) is 0 Å². The molecule has 0 aromatic rings. The molecule has 1 N–H and O–H groups in total. The van der Waals surface area contributed by atoms with Crippen molar-refractivity contribution in [3.05, 3.63) is 0 Å². The number of ether oxygens (including phenoxy) is 1. The van der Waals surface area contributed by atoms with E-state index in [1.807, 2.05) is 13.8 Å². The standard InChI is InChI=1S/C10H21NO2.C2H6/c1-8(2)10-9(13-3)4-5-11(10)6-7-12;1-2/h8-10,12H,4-7H2,1-3H3;1-2H3. The van der Waals surface area contributed by atoms with Crippen LogP contribution in [0.3, 0.4) is 0 Å². The molecule has 2 unspecified atom stereocenters. The maximum Gasteiger partial charge on any atom is 0.0741 e. The number of β-amino-alcohol motifs (C(OH)–C–C–N with tert-alkyl or cyclic N) is 1. The van der Waals surface area contributed by atoms with Crippen molar-refractivity contribution < 1.29 is 9.84 Å². The molecular weight excluding hydrogens is 190 g/mol. The van der Waals surface area contributed by atoms with E-state index in [9.17, 15) is 0 Å². The number of hydrogen-bond donors (Lipinski definition) is 1. The summed E-state index contributed by atoms with van der Waals surface area (Å²) < 4.78 is 5.44. The molecule has 92 valence electrons. The maximum atomic E-state index is 8.90. The number of nitrogens with zero attached hydrogens (tertiary/aromatic N) is 1. The first-order valence-corrected chi connectivity index (χ1v) is 6.08. The first-order chi connectivity index (χ1) is 7.20. The molecule has 0 radical (unpaired) electrons. The summed E-state index contributed by atoms with van der Waals surface area (Å²) in [7, 11) is 1.78. The molecular formula is C12H27NO2. The molecule has 0 aromatic carbocycles. The van der Waals surface area contributed by atoms with Crippen LogP contribution in [0.15, 0.2) is 0 Å². The molecule has 1 saturated heterocycles. The molecule has 0 aliphatic carbocycles. The Morgan fingerprint density at radius 1 is 1.40 bits per heavy atom. The van der Waals surface area contributed by atoms with Crippen molar-refractivity contribution in [1.82, 2.24) is 4.90 Å². The summed E-state index contributed by atoms with van der Waals surface area (Å²) >= 11 is 0. The van der Waals surface area contributed by atoms with E-state index in [0.29, 0.717) is 18.1 Å². The second kappa shape index (κ2) is 8.08. The highest BCUT2D eigenvalue weighted by atomic mass is 16.5. The fraction of sp³-hybridized carbons (Fsp3) is 1.00. The Balaban J connectivity index is 0.000000921. The van der Waals surface area contributed by atoms with Gasteiger partial charge in [-0.15, -0.1) is 0 Å². The van der Waals surface area contributed by atoms with Crippen molar-refractivity contribution in [2.75, 3.05) is 26.8 Å². The first-order valence-electron chi connectivity index (χ1n) is 6.08. The van der Waals surface area contributed by atoms with Gasteiger partial charge in [0.1, 0.15) is 0 Å². The molecule has 0 amide bonds. The van der Waals surface area contributed by atoms with Crippen LogP contribution < -0.4 is 0 Å². The van der Waals surface area contributed by atoms with E-state index >= 15 is 0 Å². The molecule has 0 saturated carbocycles. The largest absolute Gasteiger partial charge is 0.395 e. The van der Waals surface area contributed by atoms with Crippen molar-refractivity contribution in [2.24, 2.45) is 5.92 Å². The van der Waals surface area contributed by atoms with Gasteiger partial charge >= 0.3 is 0 Å². The van der Waals surface area contributed by atoms with Gasteiger partial charge in [-0.05, 0) is 12.3 Å². The highest BCUT2D eigenvalue weighted by molar-refractivity contribution is 4.89. The lowest BCUT2D eigenvalue weighted by Crippen LogP contribution is -2.41. The predicted octanol–water partition coefficient (Wildman–Crippen LogP) is 1.75. The summed E-state index contributed by atoms with van der Waals surface area (Å²) in [5, 5.41) is 8.90. The van der Waals surface area contributed by atoms with E-state index < -0.39 is 0 Å². The zero-order chi connectivity index (χ0) is 11.8. The third kappa shape index (κ3) is 4.09. The van der Waals surface area contributed by atoms with Crippen LogP contribution in [-0.2, 0) is 4.74 Å². The SMILES string of the molecule is CC.COC1CCN(CCO)C1C(C)C. The van der Waals surface area contributed by atoms with Crippen molar-refractivity contribution in [3.8, 4) is 0 Å². The average Bonchev–Trinajstić information content (AvgIpc) is 2.64. The quantitative estimate of drug-likeness (QED) is 0.778. The van der Waals surface area contributed by atoms with Gasteiger partial charge < -0.3 is 9.84 Å². The van der Waals surface area contributed by atoms with E-state index in [0.717, 1.165) is 19.5 Å². The monoisotopic (exact) mass is 217 g/mol. The Kier molecular flexibility index (Phi) is 8.02. The van der Waals surface area contributed by atoms with E-state index in [-0.39, 0.29) is 6.61 Å². The van der Waals surface area contributed by atoms with E-state index in [1.165, 1.54) is 0 Å². The average molecular weight is 217 g/mol. The maximum absolute atomic E-state index is 8.90. The van der Waals surface area contributed by atoms with Crippen LogP contribution in [-0.4, -0.2) is 49.0 Å².